The maximum atomic E-state index is 9.78. The van der Waals surface area contributed by atoms with Crippen LogP contribution >= 0.6 is 0 Å². The maximum absolute atomic E-state index is 9.78. The van der Waals surface area contributed by atoms with Crippen LogP contribution in [-0.2, 0) is 13.1 Å². The Morgan fingerprint density at radius 2 is 1.96 bits per heavy atom. The summed E-state index contributed by atoms with van der Waals surface area (Å²) in [6.07, 6.45) is 0.842. The summed E-state index contributed by atoms with van der Waals surface area (Å²) in [4.78, 5) is 13.5. The molecule has 8 heteroatoms. The van der Waals surface area contributed by atoms with Gasteiger partial charge in [-0.15, -0.1) is 0 Å². The van der Waals surface area contributed by atoms with E-state index >= 15 is 0 Å². The fraction of sp³-hybridized carbons (Fsp3) is 0.389. The van der Waals surface area contributed by atoms with Crippen LogP contribution in [0.1, 0.15) is 19.4 Å². The van der Waals surface area contributed by atoms with Crippen molar-refractivity contribution in [2.24, 2.45) is 0 Å². The van der Waals surface area contributed by atoms with Gasteiger partial charge >= 0.3 is 0 Å². The van der Waals surface area contributed by atoms with Gasteiger partial charge in [-0.25, -0.2) is 4.98 Å². The van der Waals surface area contributed by atoms with Gasteiger partial charge < -0.3 is 25.4 Å². The Morgan fingerprint density at radius 3 is 2.65 bits per heavy atom. The van der Waals surface area contributed by atoms with Gasteiger partial charge in [0.25, 0.3) is 0 Å². The van der Waals surface area contributed by atoms with E-state index in [9.17, 15) is 5.11 Å². The average molecular weight is 356 g/mol. The highest BCUT2D eigenvalue weighted by Gasteiger charge is 2.17. The molecule has 0 spiro atoms. The highest BCUT2D eigenvalue weighted by Crippen LogP contribution is 2.22. The molecular formula is C18H24N6O2. The molecule has 0 bridgehead atoms. The van der Waals surface area contributed by atoms with Gasteiger partial charge in [-0.1, -0.05) is 30.3 Å². The second kappa shape index (κ2) is 8.11. The molecule has 0 aliphatic carbocycles. The van der Waals surface area contributed by atoms with Crippen LogP contribution in [0.3, 0.4) is 0 Å². The van der Waals surface area contributed by atoms with E-state index in [0.29, 0.717) is 29.5 Å². The Morgan fingerprint density at radius 1 is 1.19 bits per heavy atom. The van der Waals surface area contributed by atoms with Gasteiger partial charge in [-0.2, -0.15) is 9.97 Å². The first-order valence-corrected chi connectivity index (χ1v) is 8.68. The van der Waals surface area contributed by atoms with Gasteiger partial charge in [0, 0.05) is 13.1 Å². The lowest BCUT2D eigenvalue weighted by atomic mass is 10.2. The molecule has 4 N–H and O–H groups in total. The minimum atomic E-state index is -0.897. The van der Waals surface area contributed by atoms with E-state index < -0.39 is 12.1 Å². The normalized spacial score (nSPS) is 13.5. The Balaban J connectivity index is 1.91. The Hall–Kier alpha value is -2.71. The predicted molar refractivity (Wildman–Crippen MR) is 101 cm³/mol. The lowest BCUT2D eigenvalue weighted by Crippen LogP contribution is -2.34. The molecule has 0 aliphatic rings. The standard InChI is InChI=1S/C18H24N6O2/c1-3-24-11-20-15-16(19-9-13-7-5-4-6-8-13)22-18(23-17(15)24)21-12(2)14(26)10-25/h4-8,11-12,14,25-26H,3,9-10H2,1-2H3,(H2,19,21,22,23)/t12-,14?/m0/s1. The minimum absolute atomic E-state index is 0.331. The van der Waals surface area contributed by atoms with Crippen LogP contribution in [0.4, 0.5) is 11.8 Å². The summed E-state index contributed by atoms with van der Waals surface area (Å²) < 4.78 is 1.93. The number of fused-ring (bicyclic) bond motifs is 1. The van der Waals surface area contributed by atoms with E-state index in [-0.39, 0.29) is 6.61 Å². The number of nitrogens with one attached hydrogen (secondary N) is 2. The Bertz CT molecular complexity index is 852. The number of anilines is 2. The second-order valence-electron chi connectivity index (χ2n) is 6.12. The number of nitrogens with zero attached hydrogens (tertiary/aromatic N) is 4. The first kappa shape index (κ1) is 18.1. The van der Waals surface area contributed by atoms with Crippen molar-refractivity contribution >= 4 is 22.9 Å². The van der Waals surface area contributed by atoms with Crippen LogP contribution < -0.4 is 10.6 Å². The fourth-order valence-corrected chi connectivity index (χ4v) is 2.60. The van der Waals surface area contributed by atoms with Crippen molar-refractivity contribution in [3.05, 3.63) is 42.2 Å². The molecule has 2 atom stereocenters. The zero-order valence-electron chi connectivity index (χ0n) is 14.9. The van der Waals surface area contributed by atoms with E-state index in [0.717, 1.165) is 12.1 Å². The smallest absolute Gasteiger partial charge is 0.227 e. The molecule has 0 amide bonds. The number of benzene rings is 1. The van der Waals surface area contributed by atoms with Crippen LogP contribution in [0.5, 0.6) is 0 Å². The van der Waals surface area contributed by atoms with Gasteiger partial charge in [0.15, 0.2) is 17.0 Å². The number of aliphatic hydroxyl groups excluding tert-OH is 2. The summed E-state index contributed by atoms with van der Waals surface area (Å²) in [5.74, 6) is 1.00. The largest absolute Gasteiger partial charge is 0.394 e. The van der Waals surface area contributed by atoms with Crippen molar-refractivity contribution in [3.8, 4) is 0 Å². The lowest BCUT2D eigenvalue weighted by molar-refractivity contribution is 0.0837. The van der Waals surface area contributed by atoms with E-state index in [2.05, 4.69) is 25.6 Å². The molecule has 8 nitrogen and oxygen atoms in total. The number of imidazole rings is 1. The first-order chi connectivity index (χ1) is 12.6. The van der Waals surface area contributed by atoms with E-state index in [4.69, 9.17) is 5.11 Å². The quantitative estimate of drug-likeness (QED) is 0.486. The third-order valence-corrected chi connectivity index (χ3v) is 4.23. The van der Waals surface area contributed by atoms with Crippen LogP contribution in [0.25, 0.3) is 11.2 Å². The molecule has 0 fully saturated rings. The van der Waals surface area contributed by atoms with Gasteiger partial charge in [0.05, 0.1) is 25.1 Å². The fourth-order valence-electron chi connectivity index (χ4n) is 2.60. The van der Waals surface area contributed by atoms with Crippen molar-refractivity contribution < 1.29 is 10.2 Å². The van der Waals surface area contributed by atoms with Gasteiger partial charge in [0.1, 0.15) is 0 Å². The zero-order valence-corrected chi connectivity index (χ0v) is 14.9. The number of aryl methyl sites for hydroxylation is 1. The SMILES string of the molecule is CCn1cnc2c(NCc3ccccc3)nc(N[C@@H](C)C(O)CO)nc21. The number of rotatable bonds is 8. The highest BCUT2D eigenvalue weighted by molar-refractivity contribution is 5.84. The van der Waals surface area contributed by atoms with E-state index in [1.54, 1.807) is 13.3 Å². The number of hydrogen-bond donors (Lipinski definition) is 4. The molecule has 0 radical (unpaired) electrons. The predicted octanol–water partition coefficient (Wildman–Crippen LogP) is 1.61. The molecule has 2 heterocycles. The molecule has 26 heavy (non-hydrogen) atoms. The second-order valence-corrected chi connectivity index (χ2v) is 6.12. The van der Waals surface area contributed by atoms with Crippen molar-refractivity contribution in [2.45, 2.75) is 39.1 Å². The summed E-state index contributed by atoms with van der Waals surface area (Å²) >= 11 is 0. The van der Waals surface area contributed by atoms with Crippen molar-refractivity contribution in [1.82, 2.24) is 19.5 Å². The summed E-state index contributed by atoms with van der Waals surface area (Å²) in [7, 11) is 0. The molecular weight excluding hydrogens is 332 g/mol. The third kappa shape index (κ3) is 3.92. The van der Waals surface area contributed by atoms with Crippen LogP contribution in [0.15, 0.2) is 36.7 Å². The van der Waals surface area contributed by atoms with Gasteiger partial charge in [-0.05, 0) is 19.4 Å². The number of aromatic nitrogens is 4. The van der Waals surface area contributed by atoms with Crippen LogP contribution in [0.2, 0.25) is 0 Å². The average Bonchev–Trinajstić information content (AvgIpc) is 3.09. The van der Waals surface area contributed by atoms with Gasteiger partial charge in [-0.3, -0.25) is 0 Å². The van der Waals surface area contributed by atoms with Crippen molar-refractivity contribution in [3.63, 3.8) is 0 Å². The summed E-state index contributed by atoms with van der Waals surface area (Å²) in [6, 6.07) is 9.64. The number of hydrogen-bond acceptors (Lipinski definition) is 7. The first-order valence-electron chi connectivity index (χ1n) is 8.68. The molecule has 0 aliphatic heterocycles. The van der Waals surface area contributed by atoms with E-state index in [1.807, 2.05) is 41.8 Å². The molecule has 1 aromatic carbocycles. The van der Waals surface area contributed by atoms with Crippen LogP contribution in [0, 0.1) is 0 Å². The Labute approximate surface area is 151 Å². The summed E-state index contributed by atoms with van der Waals surface area (Å²) in [6.45, 7) is 4.80. The van der Waals surface area contributed by atoms with Crippen molar-refractivity contribution in [2.75, 3.05) is 17.2 Å². The molecule has 2 aromatic heterocycles. The molecule has 0 saturated heterocycles. The highest BCUT2D eigenvalue weighted by atomic mass is 16.3. The van der Waals surface area contributed by atoms with Crippen molar-refractivity contribution in [1.29, 1.82) is 0 Å². The minimum Gasteiger partial charge on any atom is -0.394 e. The molecule has 3 aromatic rings. The van der Waals surface area contributed by atoms with Gasteiger partial charge in [0.2, 0.25) is 5.95 Å². The number of aliphatic hydroxyl groups is 2. The lowest BCUT2D eigenvalue weighted by Gasteiger charge is -2.19. The maximum Gasteiger partial charge on any atom is 0.227 e. The summed E-state index contributed by atoms with van der Waals surface area (Å²) in [5.41, 5.74) is 2.54. The molecule has 0 saturated carbocycles. The third-order valence-electron chi connectivity index (χ3n) is 4.23. The molecule has 138 valence electrons. The van der Waals surface area contributed by atoms with Crippen LogP contribution in [-0.4, -0.2) is 48.5 Å². The monoisotopic (exact) mass is 356 g/mol. The topological polar surface area (TPSA) is 108 Å². The molecule has 1 unspecified atom stereocenters. The van der Waals surface area contributed by atoms with E-state index in [1.165, 1.54) is 0 Å². The Kier molecular flexibility index (Phi) is 5.65. The zero-order chi connectivity index (χ0) is 18.5. The molecule has 3 rings (SSSR count). The summed E-state index contributed by atoms with van der Waals surface area (Å²) in [5, 5.41) is 25.3.